The fourth-order valence-electron chi connectivity index (χ4n) is 5.35. The third-order valence-electron chi connectivity index (χ3n) is 7.63. The molecule has 1 aromatic heterocycles. The van der Waals surface area contributed by atoms with Crippen molar-refractivity contribution in [3.63, 3.8) is 0 Å². The van der Waals surface area contributed by atoms with Gasteiger partial charge in [0, 0.05) is 60.9 Å². The number of benzene rings is 2. The number of anilines is 1. The molecule has 0 amide bonds. The van der Waals surface area contributed by atoms with E-state index in [0.29, 0.717) is 72.5 Å². The topological polar surface area (TPSA) is 101 Å². The van der Waals surface area contributed by atoms with Gasteiger partial charge in [-0.05, 0) is 31.0 Å². The average molecular weight is 568 g/mol. The second kappa shape index (κ2) is 10.6. The van der Waals surface area contributed by atoms with Gasteiger partial charge in [0.05, 0.1) is 11.2 Å². The molecule has 3 heterocycles. The van der Waals surface area contributed by atoms with Crippen LogP contribution in [0.5, 0.6) is 0 Å². The van der Waals surface area contributed by atoms with Crippen LogP contribution in [0.3, 0.4) is 0 Å². The fraction of sp³-hybridized carbons (Fsp3) is 0.345. The van der Waals surface area contributed by atoms with Crippen molar-refractivity contribution in [1.82, 2.24) is 9.47 Å². The number of aromatic nitrogens is 1. The van der Waals surface area contributed by atoms with Crippen LogP contribution in [0, 0.1) is 5.82 Å². The van der Waals surface area contributed by atoms with E-state index in [1.54, 1.807) is 34.9 Å². The summed E-state index contributed by atoms with van der Waals surface area (Å²) < 4.78 is 28.2. The molecule has 3 aromatic rings. The van der Waals surface area contributed by atoms with E-state index in [2.05, 4.69) is 4.90 Å². The highest BCUT2D eigenvalue weighted by Crippen LogP contribution is 2.38. The quantitative estimate of drug-likeness (QED) is 0.409. The first kappa shape index (κ1) is 26.3. The molecule has 0 radical (unpaired) electrons. The van der Waals surface area contributed by atoms with Crippen LogP contribution < -0.4 is 10.3 Å². The summed E-state index contributed by atoms with van der Waals surface area (Å²) >= 11 is 6.27. The summed E-state index contributed by atoms with van der Waals surface area (Å²) in [5.74, 6) is -1.85. The maximum Gasteiger partial charge on any atom is 0.342 e. The van der Waals surface area contributed by atoms with Crippen LogP contribution >= 0.6 is 11.6 Å². The van der Waals surface area contributed by atoms with Crippen molar-refractivity contribution >= 4 is 45.7 Å². The van der Waals surface area contributed by atoms with E-state index in [1.807, 2.05) is 4.90 Å². The Labute approximate surface area is 233 Å². The number of esters is 1. The molecule has 0 unspecified atom stereocenters. The number of cyclic esters (lactones) is 1. The Morgan fingerprint density at radius 3 is 2.58 bits per heavy atom. The lowest BCUT2D eigenvalue weighted by atomic mass is 10.1. The molecule has 0 bridgehead atoms. The Morgan fingerprint density at radius 2 is 1.88 bits per heavy atom. The van der Waals surface area contributed by atoms with E-state index in [9.17, 15) is 19.5 Å². The number of carboxylic acids is 1. The first-order chi connectivity index (χ1) is 19.3. The van der Waals surface area contributed by atoms with Crippen molar-refractivity contribution in [2.75, 3.05) is 50.8 Å². The molecular formula is C29H27ClFN3O6. The van der Waals surface area contributed by atoms with Gasteiger partial charge >= 0.3 is 11.9 Å². The minimum absolute atomic E-state index is 0.0638. The van der Waals surface area contributed by atoms with Crippen LogP contribution in [-0.4, -0.2) is 72.4 Å². The summed E-state index contributed by atoms with van der Waals surface area (Å²) in [4.78, 5) is 40.8. The number of piperazine rings is 1. The minimum atomic E-state index is -1.31. The van der Waals surface area contributed by atoms with Crippen LogP contribution in [-0.2, 0) is 14.3 Å². The highest BCUT2D eigenvalue weighted by Gasteiger charge is 2.30. The summed E-state index contributed by atoms with van der Waals surface area (Å²) in [7, 11) is 0. The Bertz CT molecular complexity index is 1610. The van der Waals surface area contributed by atoms with Gasteiger partial charge in [0.2, 0.25) is 5.43 Å². The van der Waals surface area contributed by atoms with Gasteiger partial charge in [-0.15, -0.1) is 0 Å². The van der Waals surface area contributed by atoms with Gasteiger partial charge in [-0.1, -0.05) is 29.8 Å². The fourth-order valence-corrected chi connectivity index (χ4v) is 5.58. The molecule has 1 saturated heterocycles. The predicted molar refractivity (Wildman–Crippen MR) is 147 cm³/mol. The van der Waals surface area contributed by atoms with Crippen molar-refractivity contribution in [2.45, 2.75) is 18.9 Å². The van der Waals surface area contributed by atoms with E-state index < -0.39 is 23.2 Å². The first-order valence-corrected chi connectivity index (χ1v) is 13.6. The van der Waals surface area contributed by atoms with Crippen LogP contribution in [0.25, 0.3) is 16.5 Å². The predicted octanol–water partition coefficient (Wildman–Crippen LogP) is 3.93. The van der Waals surface area contributed by atoms with Crippen LogP contribution in [0.15, 0.2) is 53.1 Å². The summed E-state index contributed by atoms with van der Waals surface area (Å²) in [6, 6.07) is 10.0. The number of halogens is 2. The van der Waals surface area contributed by atoms with Crippen molar-refractivity contribution in [2.24, 2.45) is 0 Å². The molecule has 1 saturated carbocycles. The number of carbonyl (C=O) groups is 2. The van der Waals surface area contributed by atoms with E-state index >= 15 is 4.39 Å². The number of aromatic carboxylic acids is 1. The minimum Gasteiger partial charge on any atom is -0.492 e. The van der Waals surface area contributed by atoms with Crippen molar-refractivity contribution < 1.29 is 28.6 Å². The normalized spacial score (nSPS) is 17.9. The third kappa shape index (κ3) is 4.93. The zero-order valence-corrected chi connectivity index (χ0v) is 22.3. The van der Waals surface area contributed by atoms with E-state index in [4.69, 9.17) is 21.1 Å². The standard InChI is InChI=1S/C29H27ClFN3O6/c30-21-4-2-1-3-18(21)26-25(16-40-29(26)38)39-12-11-32-7-9-33(10-8-32)24-14-23-19(13-22(24)31)27(35)20(28(36)37)15-34(23)17-5-6-17/h1-4,13-15,17H,5-12,16H2,(H,36,37). The smallest absolute Gasteiger partial charge is 0.342 e. The molecule has 11 heteroatoms. The zero-order chi connectivity index (χ0) is 28.0. The number of hydrogen-bond acceptors (Lipinski definition) is 7. The van der Waals surface area contributed by atoms with Gasteiger partial charge in [0.1, 0.15) is 35.9 Å². The van der Waals surface area contributed by atoms with E-state index in [-0.39, 0.29) is 23.6 Å². The van der Waals surface area contributed by atoms with E-state index in [0.717, 1.165) is 12.8 Å². The number of carbonyl (C=O) groups excluding carboxylic acids is 1. The SMILES string of the molecule is O=C1OCC(OCCN2CCN(c3cc4c(cc3F)c(=O)c(C(=O)O)cn4C3CC3)CC2)=C1c1ccccc1Cl. The number of hydrogen-bond donors (Lipinski definition) is 1. The lowest BCUT2D eigenvalue weighted by molar-refractivity contribution is -0.134. The van der Waals surface area contributed by atoms with Crippen LogP contribution in [0.2, 0.25) is 5.02 Å². The monoisotopic (exact) mass is 567 g/mol. The molecule has 40 heavy (non-hydrogen) atoms. The number of carboxylic acid groups (broad SMARTS) is 1. The Hall–Kier alpha value is -3.89. The summed E-state index contributed by atoms with van der Waals surface area (Å²) in [6.07, 6.45) is 3.17. The number of rotatable bonds is 8. The Kier molecular flexibility index (Phi) is 6.97. The summed E-state index contributed by atoms with van der Waals surface area (Å²) in [5, 5.41) is 9.99. The van der Waals surface area contributed by atoms with Crippen molar-refractivity contribution in [3.05, 3.63) is 80.5 Å². The van der Waals surface area contributed by atoms with Crippen LogP contribution in [0.1, 0.15) is 34.8 Å². The third-order valence-corrected chi connectivity index (χ3v) is 7.96. The molecular weight excluding hydrogens is 541 g/mol. The largest absolute Gasteiger partial charge is 0.492 e. The van der Waals surface area contributed by atoms with Gasteiger partial charge in [-0.2, -0.15) is 0 Å². The summed E-state index contributed by atoms with van der Waals surface area (Å²) in [5.41, 5.74) is 0.876. The van der Waals surface area contributed by atoms with Gasteiger partial charge in [0.15, 0.2) is 0 Å². The molecule has 2 aromatic carbocycles. The van der Waals surface area contributed by atoms with Crippen molar-refractivity contribution in [3.8, 4) is 0 Å². The molecule has 1 N–H and O–H groups in total. The molecule has 2 fully saturated rings. The maximum absolute atomic E-state index is 15.2. The Morgan fingerprint density at radius 1 is 1.12 bits per heavy atom. The average Bonchev–Trinajstić information content (AvgIpc) is 3.72. The second-order valence-corrected chi connectivity index (χ2v) is 10.6. The molecule has 0 atom stereocenters. The van der Waals surface area contributed by atoms with Crippen LogP contribution in [0.4, 0.5) is 10.1 Å². The zero-order valence-electron chi connectivity index (χ0n) is 21.6. The lowest BCUT2D eigenvalue weighted by Gasteiger charge is -2.36. The maximum atomic E-state index is 15.2. The summed E-state index contributed by atoms with van der Waals surface area (Å²) in [6.45, 7) is 3.50. The van der Waals surface area contributed by atoms with Gasteiger partial charge in [-0.25, -0.2) is 14.0 Å². The number of ether oxygens (including phenoxy) is 2. The molecule has 9 nitrogen and oxygen atoms in total. The highest BCUT2D eigenvalue weighted by molar-refractivity contribution is 6.34. The van der Waals surface area contributed by atoms with Gasteiger partial charge < -0.3 is 24.0 Å². The Balaban J connectivity index is 1.13. The number of nitrogens with zero attached hydrogens (tertiary/aromatic N) is 3. The molecule has 2 aliphatic heterocycles. The first-order valence-electron chi connectivity index (χ1n) is 13.2. The molecule has 6 rings (SSSR count). The highest BCUT2D eigenvalue weighted by atomic mass is 35.5. The van der Waals surface area contributed by atoms with Gasteiger partial charge in [-0.3, -0.25) is 9.69 Å². The van der Waals surface area contributed by atoms with Gasteiger partial charge in [0.25, 0.3) is 0 Å². The number of fused-ring (bicyclic) bond motifs is 1. The van der Waals surface area contributed by atoms with Crippen molar-refractivity contribution in [1.29, 1.82) is 0 Å². The molecule has 208 valence electrons. The molecule has 1 aliphatic carbocycles. The number of pyridine rings is 1. The lowest BCUT2D eigenvalue weighted by Crippen LogP contribution is -2.47. The van der Waals surface area contributed by atoms with E-state index in [1.165, 1.54) is 12.3 Å². The molecule has 0 spiro atoms. The molecule has 3 aliphatic rings. The second-order valence-electron chi connectivity index (χ2n) is 10.2.